The molecule has 0 fully saturated rings. The van der Waals surface area contributed by atoms with Crippen LogP contribution < -0.4 is 14.2 Å². The third-order valence-corrected chi connectivity index (χ3v) is 5.89. The van der Waals surface area contributed by atoms with Gasteiger partial charge in [0.25, 0.3) is 5.91 Å². The van der Waals surface area contributed by atoms with Crippen molar-refractivity contribution >= 4 is 22.6 Å². The second kappa shape index (κ2) is 7.50. The first-order valence-electron chi connectivity index (χ1n) is 8.73. The van der Waals surface area contributed by atoms with E-state index in [9.17, 15) is 22.2 Å². The summed E-state index contributed by atoms with van der Waals surface area (Å²) in [5.41, 5.74) is -0.528. The van der Waals surface area contributed by atoms with Crippen molar-refractivity contribution in [2.45, 2.75) is 18.5 Å². The highest BCUT2D eigenvalue weighted by molar-refractivity contribution is 7.88. The fourth-order valence-electron chi connectivity index (χ4n) is 3.35. The van der Waals surface area contributed by atoms with E-state index in [1.165, 1.54) is 24.3 Å². The summed E-state index contributed by atoms with van der Waals surface area (Å²) in [7, 11) is -1.62. The number of rotatable bonds is 3. The Kier molecular flexibility index (Phi) is 4.99. The number of fused-ring (bicyclic) bond motifs is 1. The van der Waals surface area contributed by atoms with Gasteiger partial charge >= 0.3 is 6.18 Å². The number of amides is 1. The third kappa shape index (κ3) is 3.76. The molecule has 0 saturated carbocycles. The number of nitrogens with one attached hydrogen (secondary N) is 1. The van der Waals surface area contributed by atoms with Crippen molar-refractivity contribution in [3.05, 3.63) is 69.9 Å². The van der Waals surface area contributed by atoms with Gasteiger partial charge in [-0.25, -0.2) is 9.05 Å². The first-order valence-corrected chi connectivity index (χ1v) is 9.88. The average molecular weight is 434 g/mol. The minimum atomic E-state index is -4.69. The van der Waals surface area contributed by atoms with Gasteiger partial charge in [0, 0.05) is 23.6 Å². The van der Waals surface area contributed by atoms with Gasteiger partial charge in [0.1, 0.15) is 28.2 Å². The van der Waals surface area contributed by atoms with Crippen LogP contribution in [0.1, 0.15) is 23.5 Å². The van der Waals surface area contributed by atoms with Gasteiger partial charge in [0.15, 0.2) is 5.69 Å². The smallest absolute Gasteiger partial charge is 0.418 e. The minimum absolute atomic E-state index is 0.117. The Morgan fingerprint density at radius 2 is 2.03 bits per heavy atom. The number of carbonyl (C=O) groups excluding carboxylic acids is 1. The van der Waals surface area contributed by atoms with Crippen LogP contribution in [0.25, 0.3) is 4.85 Å². The maximum Gasteiger partial charge on any atom is 0.418 e. The van der Waals surface area contributed by atoms with Crippen LogP contribution in [0.5, 0.6) is 17.2 Å². The highest BCUT2D eigenvalue weighted by Gasteiger charge is 2.35. The standard InChI is InChI=1S/C20H13F3N2O4S/c1-24-11-2-5-16(15(8-11)20(21,22)23)29-12-3-4-13-14(6-7-28-17(13)9-12)18-10-19(26)25-30(18)27/h2-5,8-10,14H,6-7H2,(H,25,26). The Labute approximate surface area is 171 Å². The Balaban J connectivity index is 1.66. The van der Waals surface area contributed by atoms with Crippen LogP contribution in [-0.2, 0) is 22.0 Å². The van der Waals surface area contributed by atoms with Crippen LogP contribution in [0, 0.1) is 6.57 Å². The van der Waals surface area contributed by atoms with E-state index >= 15 is 0 Å². The number of benzene rings is 2. The molecule has 1 amide bonds. The number of hydrogen-bond donors (Lipinski definition) is 1. The molecule has 0 spiro atoms. The molecule has 10 heteroatoms. The van der Waals surface area contributed by atoms with Crippen molar-refractivity contribution in [3.8, 4) is 17.2 Å². The number of halogens is 3. The SMILES string of the molecule is [C-]#[N+]c1ccc(Oc2ccc3c(c2)OCCC3C2=CC(=O)NS2=O)c(C(F)(F)F)c1. The fraction of sp³-hybridized carbons (Fsp3) is 0.200. The molecule has 2 aliphatic rings. The summed E-state index contributed by atoms with van der Waals surface area (Å²) in [4.78, 5) is 15.0. The molecular formula is C20H13F3N2O4S. The molecule has 2 unspecified atom stereocenters. The van der Waals surface area contributed by atoms with E-state index in [0.717, 1.165) is 12.1 Å². The zero-order chi connectivity index (χ0) is 21.5. The van der Waals surface area contributed by atoms with E-state index in [0.29, 0.717) is 22.6 Å². The normalized spacial score (nSPS) is 20.5. The Hall–Kier alpha value is -3.32. The van der Waals surface area contributed by atoms with Crippen molar-refractivity contribution in [1.29, 1.82) is 0 Å². The molecule has 2 atom stereocenters. The molecule has 1 N–H and O–H groups in total. The van der Waals surface area contributed by atoms with Gasteiger partial charge in [0.2, 0.25) is 0 Å². The Morgan fingerprint density at radius 3 is 2.70 bits per heavy atom. The lowest BCUT2D eigenvalue weighted by Gasteiger charge is -2.26. The summed E-state index contributed by atoms with van der Waals surface area (Å²) >= 11 is 0. The summed E-state index contributed by atoms with van der Waals surface area (Å²) in [6.45, 7) is 7.19. The van der Waals surface area contributed by atoms with Gasteiger partial charge in [-0.05, 0) is 24.6 Å². The highest BCUT2D eigenvalue weighted by Crippen LogP contribution is 2.44. The fourth-order valence-corrected chi connectivity index (χ4v) is 4.42. The lowest BCUT2D eigenvalue weighted by molar-refractivity contribution is -0.138. The summed E-state index contributed by atoms with van der Waals surface area (Å²) in [6, 6.07) is 7.64. The van der Waals surface area contributed by atoms with Crippen LogP contribution in [-0.4, -0.2) is 16.7 Å². The summed E-state index contributed by atoms with van der Waals surface area (Å²) in [5, 5.41) is 0. The van der Waals surface area contributed by atoms with Crippen molar-refractivity contribution in [2.24, 2.45) is 0 Å². The molecule has 2 heterocycles. The first kappa shape index (κ1) is 20.0. The molecule has 2 aliphatic heterocycles. The molecule has 6 nitrogen and oxygen atoms in total. The predicted octanol–water partition coefficient (Wildman–Crippen LogP) is 4.59. The van der Waals surface area contributed by atoms with Crippen molar-refractivity contribution in [2.75, 3.05) is 6.61 Å². The number of ether oxygens (including phenoxy) is 2. The van der Waals surface area contributed by atoms with Crippen LogP contribution in [0.3, 0.4) is 0 Å². The highest BCUT2D eigenvalue weighted by atomic mass is 32.2. The van der Waals surface area contributed by atoms with Gasteiger partial charge in [0.05, 0.1) is 23.6 Å². The van der Waals surface area contributed by atoms with Crippen LogP contribution in [0.15, 0.2) is 47.4 Å². The van der Waals surface area contributed by atoms with Crippen LogP contribution in [0.2, 0.25) is 0 Å². The lowest BCUT2D eigenvalue weighted by Crippen LogP contribution is -2.21. The monoisotopic (exact) mass is 434 g/mol. The maximum atomic E-state index is 13.4. The summed E-state index contributed by atoms with van der Waals surface area (Å²) in [5.74, 6) is -0.680. The number of allylic oxidation sites excluding steroid dienone is 1. The molecular weight excluding hydrogens is 421 g/mol. The van der Waals surface area contributed by atoms with Crippen LogP contribution in [0.4, 0.5) is 18.9 Å². The lowest BCUT2D eigenvalue weighted by atomic mass is 9.92. The third-order valence-electron chi connectivity index (χ3n) is 4.67. The van der Waals surface area contributed by atoms with Gasteiger partial charge in [-0.15, -0.1) is 0 Å². The van der Waals surface area contributed by atoms with E-state index in [2.05, 4.69) is 9.57 Å². The van der Waals surface area contributed by atoms with Gasteiger partial charge in [-0.1, -0.05) is 12.1 Å². The van der Waals surface area contributed by atoms with Crippen LogP contribution >= 0.6 is 0 Å². The molecule has 0 bridgehead atoms. The number of alkyl halides is 3. The van der Waals surface area contributed by atoms with Crippen molar-refractivity contribution in [3.63, 3.8) is 0 Å². The maximum absolute atomic E-state index is 13.4. The molecule has 2 aromatic rings. The Morgan fingerprint density at radius 1 is 1.23 bits per heavy atom. The molecule has 0 aliphatic carbocycles. The largest absolute Gasteiger partial charge is 0.493 e. The predicted molar refractivity (Wildman–Crippen MR) is 101 cm³/mol. The molecule has 0 radical (unpaired) electrons. The van der Waals surface area contributed by atoms with E-state index in [1.807, 2.05) is 0 Å². The second-order valence-electron chi connectivity index (χ2n) is 6.56. The van der Waals surface area contributed by atoms with E-state index in [4.69, 9.17) is 16.0 Å². The number of nitrogens with zero attached hydrogens (tertiary/aromatic N) is 1. The minimum Gasteiger partial charge on any atom is -0.493 e. The molecule has 4 rings (SSSR count). The van der Waals surface area contributed by atoms with Gasteiger partial charge < -0.3 is 9.47 Å². The average Bonchev–Trinajstić information content (AvgIpc) is 3.04. The summed E-state index contributed by atoms with van der Waals surface area (Å²) in [6.07, 6.45) is -2.88. The van der Waals surface area contributed by atoms with E-state index in [-0.39, 0.29) is 24.0 Å². The molecule has 154 valence electrons. The molecule has 0 aromatic heterocycles. The quantitative estimate of drug-likeness (QED) is 0.718. The van der Waals surface area contributed by atoms with Crippen molar-refractivity contribution < 1.29 is 31.6 Å². The second-order valence-corrected chi connectivity index (χ2v) is 7.78. The van der Waals surface area contributed by atoms with Gasteiger partial charge in [-0.2, -0.15) is 13.2 Å². The number of carbonyl (C=O) groups is 1. The molecule has 2 aromatic carbocycles. The summed E-state index contributed by atoms with van der Waals surface area (Å²) < 4.78 is 65.6. The van der Waals surface area contributed by atoms with E-state index in [1.54, 1.807) is 6.07 Å². The van der Waals surface area contributed by atoms with Gasteiger partial charge in [-0.3, -0.25) is 9.52 Å². The zero-order valence-corrected chi connectivity index (χ0v) is 16.0. The first-order chi connectivity index (χ1) is 14.3. The molecule has 30 heavy (non-hydrogen) atoms. The number of hydrogen-bond acceptors (Lipinski definition) is 4. The molecule has 0 saturated heterocycles. The topological polar surface area (TPSA) is 69.0 Å². The zero-order valence-electron chi connectivity index (χ0n) is 15.2. The van der Waals surface area contributed by atoms with Crippen molar-refractivity contribution in [1.82, 2.24) is 4.72 Å². The van der Waals surface area contributed by atoms with E-state index < -0.39 is 34.4 Å². The Bertz CT molecular complexity index is 1140.